The van der Waals surface area contributed by atoms with E-state index in [4.69, 9.17) is 5.73 Å². The first kappa shape index (κ1) is 16.9. The lowest BCUT2D eigenvalue weighted by Crippen LogP contribution is -2.32. The SMILES string of the molecule is CCCNC(N)=NCc1ccc(C)n(C)c1=O.I. The number of rotatable bonds is 4. The van der Waals surface area contributed by atoms with Crippen LogP contribution in [0.25, 0.3) is 0 Å². The average Bonchev–Trinajstić information content (AvgIpc) is 2.32. The van der Waals surface area contributed by atoms with Crippen molar-refractivity contribution in [2.45, 2.75) is 26.8 Å². The van der Waals surface area contributed by atoms with Crippen molar-refractivity contribution < 1.29 is 0 Å². The van der Waals surface area contributed by atoms with Crippen molar-refractivity contribution in [3.63, 3.8) is 0 Å². The van der Waals surface area contributed by atoms with Crippen LogP contribution in [0.2, 0.25) is 0 Å². The van der Waals surface area contributed by atoms with Crippen molar-refractivity contribution in [3.05, 3.63) is 33.7 Å². The quantitative estimate of drug-likeness (QED) is 0.478. The van der Waals surface area contributed by atoms with E-state index in [1.807, 2.05) is 13.0 Å². The number of aliphatic imine (C=N–C) groups is 1. The van der Waals surface area contributed by atoms with Gasteiger partial charge < -0.3 is 15.6 Å². The predicted molar refractivity (Wildman–Crippen MR) is 85.5 cm³/mol. The molecule has 0 aliphatic carbocycles. The molecule has 0 radical (unpaired) electrons. The highest BCUT2D eigenvalue weighted by atomic mass is 127. The van der Waals surface area contributed by atoms with Gasteiger partial charge in [-0.15, -0.1) is 24.0 Å². The summed E-state index contributed by atoms with van der Waals surface area (Å²) in [5.41, 5.74) is 7.22. The molecule has 0 bridgehead atoms. The molecule has 0 fully saturated rings. The van der Waals surface area contributed by atoms with Crippen molar-refractivity contribution >= 4 is 29.9 Å². The topological polar surface area (TPSA) is 72.4 Å². The molecule has 0 aliphatic rings. The zero-order valence-corrected chi connectivity index (χ0v) is 13.4. The third-order valence-corrected chi connectivity index (χ3v) is 2.61. The molecule has 0 atom stereocenters. The fourth-order valence-corrected chi connectivity index (χ4v) is 1.38. The number of hydrogen-bond acceptors (Lipinski definition) is 2. The summed E-state index contributed by atoms with van der Waals surface area (Å²) in [7, 11) is 1.75. The van der Waals surface area contributed by atoms with Gasteiger partial charge in [-0.05, 0) is 25.5 Å². The molecule has 0 amide bonds. The maximum atomic E-state index is 11.8. The zero-order chi connectivity index (χ0) is 12.8. The molecule has 1 rings (SSSR count). The fourth-order valence-electron chi connectivity index (χ4n) is 1.38. The summed E-state index contributed by atoms with van der Waals surface area (Å²) < 4.78 is 1.61. The van der Waals surface area contributed by atoms with E-state index >= 15 is 0 Å². The third kappa shape index (κ3) is 4.67. The lowest BCUT2D eigenvalue weighted by atomic mass is 10.2. The fraction of sp³-hybridized carbons (Fsp3) is 0.500. The number of halogens is 1. The average molecular weight is 364 g/mol. The third-order valence-electron chi connectivity index (χ3n) is 2.61. The number of nitrogens with one attached hydrogen (secondary N) is 1. The Morgan fingerprint density at radius 3 is 2.78 bits per heavy atom. The minimum Gasteiger partial charge on any atom is -0.370 e. The number of hydrogen-bond donors (Lipinski definition) is 2. The lowest BCUT2D eigenvalue weighted by Gasteiger charge is -2.06. The summed E-state index contributed by atoms with van der Waals surface area (Å²) in [4.78, 5) is 16.0. The minimum absolute atomic E-state index is 0. The van der Waals surface area contributed by atoms with Crippen LogP contribution in [0.5, 0.6) is 0 Å². The molecule has 0 spiro atoms. The summed E-state index contributed by atoms with van der Waals surface area (Å²) >= 11 is 0. The van der Waals surface area contributed by atoms with Gasteiger partial charge in [0.2, 0.25) is 0 Å². The van der Waals surface area contributed by atoms with E-state index in [2.05, 4.69) is 17.2 Å². The van der Waals surface area contributed by atoms with Crippen LogP contribution in [0.3, 0.4) is 0 Å². The Balaban J connectivity index is 0.00000289. The van der Waals surface area contributed by atoms with Gasteiger partial charge >= 0.3 is 0 Å². The largest absolute Gasteiger partial charge is 0.370 e. The number of guanidine groups is 1. The number of nitrogens with two attached hydrogens (primary N) is 1. The second kappa shape index (κ2) is 8.12. The Morgan fingerprint density at radius 2 is 2.17 bits per heavy atom. The standard InChI is InChI=1S/C12H20N4O.HI/c1-4-7-14-12(13)15-8-10-6-5-9(2)16(3)11(10)17;/h5-6H,4,7-8H2,1-3H3,(H3,13,14,15);1H. The van der Waals surface area contributed by atoms with Crippen LogP contribution >= 0.6 is 24.0 Å². The van der Waals surface area contributed by atoms with Crippen LogP contribution in [0.1, 0.15) is 24.6 Å². The Bertz CT molecular complexity index is 468. The van der Waals surface area contributed by atoms with Crippen molar-refractivity contribution in [1.29, 1.82) is 0 Å². The summed E-state index contributed by atoms with van der Waals surface area (Å²) in [6.45, 7) is 5.05. The molecule has 1 heterocycles. The van der Waals surface area contributed by atoms with Crippen LogP contribution in [0, 0.1) is 6.92 Å². The molecular weight excluding hydrogens is 343 g/mol. The predicted octanol–water partition coefficient (Wildman–Crippen LogP) is 1.13. The van der Waals surface area contributed by atoms with Crippen molar-refractivity contribution in [2.24, 2.45) is 17.8 Å². The number of pyridine rings is 1. The van der Waals surface area contributed by atoms with Crippen LogP contribution in [0.15, 0.2) is 21.9 Å². The van der Waals surface area contributed by atoms with Gasteiger partial charge in [0.1, 0.15) is 0 Å². The molecule has 18 heavy (non-hydrogen) atoms. The Kier molecular flexibility index (Phi) is 7.65. The van der Waals surface area contributed by atoms with Crippen LogP contribution in [-0.4, -0.2) is 17.1 Å². The molecule has 5 nitrogen and oxygen atoms in total. The summed E-state index contributed by atoms with van der Waals surface area (Å²) in [6.07, 6.45) is 0.989. The minimum atomic E-state index is -0.0166. The first-order valence-corrected chi connectivity index (χ1v) is 5.75. The van der Waals surface area contributed by atoms with Gasteiger partial charge in [-0.2, -0.15) is 0 Å². The van der Waals surface area contributed by atoms with Gasteiger partial charge in [0.05, 0.1) is 6.54 Å². The van der Waals surface area contributed by atoms with E-state index in [0.29, 0.717) is 18.1 Å². The van der Waals surface area contributed by atoms with Crippen molar-refractivity contribution in [3.8, 4) is 0 Å². The van der Waals surface area contributed by atoms with Gasteiger partial charge in [0.15, 0.2) is 5.96 Å². The van der Waals surface area contributed by atoms with Crippen molar-refractivity contribution in [2.75, 3.05) is 6.54 Å². The molecule has 0 saturated carbocycles. The first-order valence-electron chi connectivity index (χ1n) is 5.75. The zero-order valence-electron chi connectivity index (χ0n) is 11.1. The number of aromatic nitrogens is 1. The monoisotopic (exact) mass is 364 g/mol. The van der Waals surface area contributed by atoms with E-state index in [1.165, 1.54) is 0 Å². The summed E-state index contributed by atoms with van der Waals surface area (Å²) in [5.74, 6) is 0.384. The highest BCUT2D eigenvalue weighted by Gasteiger charge is 2.02. The highest BCUT2D eigenvalue weighted by Crippen LogP contribution is 1.98. The second-order valence-electron chi connectivity index (χ2n) is 3.99. The molecule has 0 saturated heterocycles. The smallest absolute Gasteiger partial charge is 0.255 e. The van der Waals surface area contributed by atoms with Gasteiger partial charge in [0.25, 0.3) is 5.56 Å². The maximum absolute atomic E-state index is 11.8. The first-order chi connectivity index (χ1) is 8.06. The van der Waals surface area contributed by atoms with Gasteiger partial charge in [-0.1, -0.05) is 6.92 Å². The molecule has 6 heteroatoms. The number of nitrogens with zero attached hydrogens (tertiary/aromatic N) is 2. The van der Waals surface area contributed by atoms with E-state index in [9.17, 15) is 4.79 Å². The molecule has 0 unspecified atom stereocenters. The van der Waals surface area contributed by atoms with E-state index < -0.39 is 0 Å². The summed E-state index contributed by atoms with van der Waals surface area (Å²) in [6, 6.07) is 3.70. The van der Waals surface area contributed by atoms with Crippen LogP contribution in [-0.2, 0) is 13.6 Å². The molecular formula is C12H21IN4O. The Hall–Kier alpha value is -1.05. The molecule has 0 aromatic carbocycles. The van der Waals surface area contributed by atoms with E-state index in [0.717, 1.165) is 18.7 Å². The van der Waals surface area contributed by atoms with E-state index in [-0.39, 0.29) is 29.5 Å². The van der Waals surface area contributed by atoms with Gasteiger partial charge in [-0.25, -0.2) is 4.99 Å². The Labute approximate surface area is 125 Å². The highest BCUT2D eigenvalue weighted by molar-refractivity contribution is 14.0. The molecule has 102 valence electrons. The van der Waals surface area contributed by atoms with E-state index in [1.54, 1.807) is 17.7 Å². The van der Waals surface area contributed by atoms with Crippen LogP contribution in [0.4, 0.5) is 0 Å². The van der Waals surface area contributed by atoms with Crippen molar-refractivity contribution in [1.82, 2.24) is 9.88 Å². The molecule has 0 aliphatic heterocycles. The summed E-state index contributed by atoms with van der Waals surface area (Å²) in [5, 5.41) is 2.97. The van der Waals surface area contributed by atoms with Gasteiger partial charge in [-0.3, -0.25) is 4.79 Å². The lowest BCUT2D eigenvalue weighted by molar-refractivity contribution is 0.789. The Morgan fingerprint density at radius 1 is 1.50 bits per heavy atom. The van der Waals surface area contributed by atoms with Crippen LogP contribution < -0.4 is 16.6 Å². The second-order valence-corrected chi connectivity index (χ2v) is 3.99. The van der Waals surface area contributed by atoms with Gasteiger partial charge in [0, 0.05) is 24.8 Å². The maximum Gasteiger partial charge on any atom is 0.255 e. The molecule has 3 N–H and O–H groups in total. The normalized spacial score (nSPS) is 10.9. The molecule has 1 aromatic rings. The molecule has 1 aromatic heterocycles. The number of aryl methyl sites for hydroxylation is 1.